The van der Waals surface area contributed by atoms with E-state index in [2.05, 4.69) is 4.98 Å². The summed E-state index contributed by atoms with van der Waals surface area (Å²) in [6.45, 7) is -0.258. The average Bonchev–Trinajstić information content (AvgIpc) is 3.20. The van der Waals surface area contributed by atoms with Crippen LogP contribution in [0.15, 0.2) is 70.4 Å². The van der Waals surface area contributed by atoms with Gasteiger partial charge in [0, 0.05) is 22.3 Å². The number of aromatic amines is 1. The van der Waals surface area contributed by atoms with E-state index in [0.717, 1.165) is 0 Å². The van der Waals surface area contributed by atoms with Crippen LogP contribution < -0.4 is 11.2 Å². The molecule has 0 spiro atoms. The maximum Gasteiger partial charge on any atom is 0.338 e. The third kappa shape index (κ3) is 5.84. The van der Waals surface area contributed by atoms with E-state index in [1.807, 2.05) is 0 Å². The molecule has 2 aromatic carbocycles. The zero-order valence-corrected chi connectivity index (χ0v) is 21.1. The Balaban J connectivity index is 1.59. The standard InChI is InChI=1S/C24H20Cl2N2O7S/c1-36-20-19(35-23(31)14-4-8-16(26)9-5-14)17(12-33-22(30)13-2-6-15(25)7-3-13)34-21(20)28-11-10-18(29)27-24(28)32/h2-11,17,19-21H,12H2,1H3,(H,27,29,32)/t17-,19-,20-,21-/m1/s1. The van der Waals surface area contributed by atoms with Crippen molar-refractivity contribution in [3.8, 4) is 0 Å². The Morgan fingerprint density at radius 2 is 1.56 bits per heavy atom. The number of hydrogen-bond donors (Lipinski definition) is 1. The van der Waals surface area contributed by atoms with Crippen LogP contribution in [-0.4, -0.2) is 51.8 Å². The lowest BCUT2D eigenvalue weighted by Gasteiger charge is -2.23. The monoisotopic (exact) mass is 550 g/mol. The van der Waals surface area contributed by atoms with Gasteiger partial charge in [-0.1, -0.05) is 23.2 Å². The molecule has 1 fully saturated rings. The molecule has 0 unspecified atom stereocenters. The minimum absolute atomic E-state index is 0.258. The number of nitrogens with zero attached hydrogens (tertiary/aromatic N) is 1. The predicted octanol–water partition coefficient (Wildman–Crippen LogP) is 3.56. The lowest BCUT2D eigenvalue weighted by atomic mass is 10.1. The summed E-state index contributed by atoms with van der Waals surface area (Å²) in [5.41, 5.74) is -0.704. The zero-order valence-electron chi connectivity index (χ0n) is 18.8. The summed E-state index contributed by atoms with van der Waals surface area (Å²) in [4.78, 5) is 51.6. The number of thioether (sulfide) groups is 1. The van der Waals surface area contributed by atoms with Crippen LogP contribution in [0.1, 0.15) is 26.9 Å². The van der Waals surface area contributed by atoms with E-state index in [9.17, 15) is 19.2 Å². The molecule has 0 radical (unpaired) electrons. The van der Waals surface area contributed by atoms with Gasteiger partial charge in [-0.3, -0.25) is 14.3 Å². The third-order valence-corrected chi connectivity index (χ3v) is 7.01. The van der Waals surface area contributed by atoms with Crippen LogP contribution in [-0.2, 0) is 14.2 Å². The molecule has 0 bridgehead atoms. The van der Waals surface area contributed by atoms with E-state index in [4.69, 9.17) is 37.4 Å². The van der Waals surface area contributed by atoms with Gasteiger partial charge in [0.25, 0.3) is 5.56 Å². The first-order valence-corrected chi connectivity index (χ1v) is 12.7. The highest BCUT2D eigenvalue weighted by Crippen LogP contribution is 2.38. The number of aromatic nitrogens is 2. The smallest absolute Gasteiger partial charge is 0.338 e. The van der Waals surface area contributed by atoms with E-state index >= 15 is 0 Å². The minimum atomic E-state index is -0.911. The van der Waals surface area contributed by atoms with Gasteiger partial charge in [0.15, 0.2) is 6.23 Å². The van der Waals surface area contributed by atoms with Gasteiger partial charge in [-0.05, 0) is 54.8 Å². The topological polar surface area (TPSA) is 117 Å². The van der Waals surface area contributed by atoms with Crippen LogP contribution in [0.5, 0.6) is 0 Å². The van der Waals surface area contributed by atoms with Crippen molar-refractivity contribution in [1.29, 1.82) is 0 Å². The lowest BCUT2D eigenvalue weighted by Crippen LogP contribution is -2.39. The average molecular weight is 551 g/mol. The van der Waals surface area contributed by atoms with Gasteiger partial charge in [0.2, 0.25) is 0 Å². The molecule has 1 N–H and O–H groups in total. The Bertz CT molecular complexity index is 1360. The molecule has 36 heavy (non-hydrogen) atoms. The molecule has 9 nitrogen and oxygen atoms in total. The Morgan fingerprint density at radius 1 is 0.972 bits per heavy atom. The molecule has 0 saturated carbocycles. The normalized spacial score (nSPS) is 21.2. The van der Waals surface area contributed by atoms with Gasteiger partial charge in [0.05, 0.1) is 16.4 Å². The van der Waals surface area contributed by atoms with Crippen molar-refractivity contribution in [2.45, 2.75) is 23.7 Å². The Kier molecular flexibility index (Phi) is 8.20. The van der Waals surface area contributed by atoms with Gasteiger partial charge < -0.3 is 14.2 Å². The molecular weight excluding hydrogens is 531 g/mol. The van der Waals surface area contributed by atoms with Crippen LogP contribution in [0.25, 0.3) is 0 Å². The fourth-order valence-corrected chi connectivity index (χ4v) is 4.87. The fourth-order valence-electron chi connectivity index (χ4n) is 3.69. The highest BCUT2D eigenvalue weighted by Gasteiger charge is 2.48. The summed E-state index contributed by atoms with van der Waals surface area (Å²) in [6.07, 6.45) is 0.355. The summed E-state index contributed by atoms with van der Waals surface area (Å²) in [5.74, 6) is -1.26. The van der Waals surface area contributed by atoms with Crippen LogP contribution in [0.2, 0.25) is 10.0 Å². The molecule has 1 aliphatic heterocycles. The van der Waals surface area contributed by atoms with Crippen molar-refractivity contribution in [3.05, 3.63) is 103 Å². The summed E-state index contributed by atoms with van der Waals surface area (Å²) in [5, 5.41) is 0.364. The molecule has 3 aromatic rings. The maximum atomic E-state index is 12.9. The number of ether oxygens (including phenoxy) is 3. The molecular formula is C24H20Cl2N2O7S. The molecule has 4 rings (SSSR count). The Labute approximate surface area is 219 Å². The van der Waals surface area contributed by atoms with E-state index in [1.54, 1.807) is 30.5 Å². The van der Waals surface area contributed by atoms with Gasteiger partial charge in [-0.2, -0.15) is 11.8 Å². The van der Waals surface area contributed by atoms with Crippen molar-refractivity contribution in [3.63, 3.8) is 0 Å². The van der Waals surface area contributed by atoms with Crippen molar-refractivity contribution in [1.82, 2.24) is 9.55 Å². The van der Waals surface area contributed by atoms with Crippen molar-refractivity contribution >= 4 is 46.9 Å². The highest BCUT2D eigenvalue weighted by molar-refractivity contribution is 7.99. The number of benzene rings is 2. The third-order valence-electron chi connectivity index (χ3n) is 5.46. The number of hydrogen-bond acceptors (Lipinski definition) is 8. The second-order valence-electron chi connectivity index (χ2n) is 7.76. The molecule has 1 saturated heterocycles. The largest absolute Gasteiger partial charge is 0.459 e. The maximum absolute atomic E-state index is 12.9. The highest BCUT2D eigenvalue weighted by atomic mass is 35.5. The SMILES string of the molecule is CS[C@@H]1[C@H](OC(=O)c2ccc(Cl)cc2)[C@@H](COC(=O)c2ccc(Cl)cc2)O[C@H]1n1ccc(=O)[nH]c1=O. The molecule has 1 aromatic heterocycles. The summed E-state index contributed by atoms with van der Waals surface area (Å²) >= 11 is 13.1. The van der Waals surface area contributed by atoms with Crippen LogP contribution in [0.4, 0.5) is 0 Å². The van der Waals surface area contributed by atoms with Crippen LogP contribution in [0, 0.1) is 0 Å². The van der Waals surface area contributed by atoms with Crippen LogP contribution in [0.3, 0.4) is 0 Å². The molecule has 188 valence electrons. The molecule has 2 heterocycles. The summed E-state index contributed by atoms with van der Waals surface area (Å²) in [7, 11) is 0. The van der Waals surface area contributed by atoms with Crippen molar-refractivity contribution in [2.75, 3.05) is 12.9 Å². The number of rotatable bonds is 7. The van der Waals surface area contributed by atoms with Gasteiger partial charge >= 0.3 is 17.6 Å². The quantitative estimate of drug-likeness (QED) is 0.444. The lowest BCUT2D eigenvalue weighted by molar-refractivity contribution is -0.0581. The fraction of sp³-hybridized carbons (Fsp3) is 0.250. The van der Waals surface area contributed by atoms with E-state index in [1.165, 1.54) is 52.9 Å². The second-order valence-corrected chi connectivity index (χ2v) is 9.65. The van der Waals surface area contributed by atoms with Gasteiger partial charge in [-0.15, -0.1) is 0 Å². The van der Waals surface area contributed by atoms with Gasteiger partial charge in [0.1, 0.15) is 18.8 Å². The zero-order chi connectivity index (χ0) is 25.8. The first-order chi connectivity index (χ1) is 17.3. The first-order valence-electron chi connectivity index (χ1n) is 10.7. The van der Waals surface area contributed by atoms with E-state index in [-0.39, 0.29) is 17.7 Å². The number of carbonyl (C=O) groups excluding carboxylic acids is 2. The predicted molar refractivity (Wildman–Crippen MR) is 135 cm³/mol. The summed E-state index contributed by atoms with van der Waals surface area (Å²) < 4.78 is 18.5. The first kappa shape index (κ1) is 26.0. The number of esters is 2. The second kappa shape index (κ2) is 11.3. The van der Waals surface area contributed by atoms with Crippen LogP contribution >= 0.6 is 35.0 Å². The van der Waals surface area contributed by atoms with Crippen molar-refractivity contribution in [2.24, 2.45) is 0 Å². The Morgan fingerprint density at radius 3 is 2.11 bits per heavy atom. The van der Waals surface area contributed by atoms with Crippen molar-refractivity contribution < 1.29 is 23.8 Å². The molecule has 12 heteroatoms. The number of carbonyl (C=O) groups is 2. The molecule has 1 aliphatic rings. The molecule has 0 amide bonds. The number of halogens is 2. The minimum Gasteiger partial charge on any atom is -0.459 e. The number of H-pyrrole nitrogens is 1. The van der Waals surface area contributed by atoms with E-state index < -0.39 is 46.9 Å². The van der Waals surface area contributed by atoms with Gasteiger partial charge in [-0.25, -0.2) is 14.4 Å². The Hall–Kier alpha value is -3.05. The summed E-state index contributed by atoms with van der Waals surface area (Å²) in [6, 6.07) is 13.5. The van der Waals surface area contributed by atoms with E-state index in [0.29, 0.717) is 10.0 Å². The molecule has 0 aliphatic carbocycles. The number of nitrogens with one attached hydrogen (secondary N) is 1. The molecule has 4 atom stereocenters.